The third-order valence-electron chi connectivity index (χ3n) is 4.12. The summed E-state index contributed by atoms with van der Waals surface area (Å²) in [7, 11) is 0. The van der Waals surface area contributed by atoms with Crippen LogP contribution in [0.5, 0.6) is 11.5 Å². The molecular weight excluding hydrogens is 320 g/mol. The van der Waals surface area contributed by atoms with Gasteiger partial charge in [0.15, 0.2) is 11.5 Å². The van der Waals surface area contributed by atoms with Crippen molar-refractivity contribution in [1.82, 2.24) is 14.6 Å². The summed E-state index contributed by atoms with van der Waals surface area (Å²) in [5, 5.41) is 5.14. The zero-order valence-electron chi connectivity index (χ0n) is 13.0. The average molecular weight is 332 g/mol. The minimum Gasteiger partial charge on any atom is -0.454 e. The quantitative estimate of drug-likeness (QED) is 0.572. The van der Waals surface area contributed by atoms with Crippen molar-refractivity contribution in [2.45, 2.75) is 0 Å². The molecule has 7 heteroatoms. The zero-order chi connectivity index (χ0) is 16.8. The van der Waals surface area contributed by atoms with Gasteiger partial charge in [0, 0.05) is 10.9 Å². The smallest absolute Gasteiger partial charge is 0.298 e. The summed E-state index contributed by atoms with van der Waals surface area (Å²) in [4.78, 5) is 20.1. The van der Waals surface area contributed by atoms with Crippen LogP contribution in [-0.4, -0.2) is 27.7 Å². The molecule has 7 nitrogen and oxygen atoms in total. The number of fused-ring (bicyclic) bond motifs is 4. The fraction of sp³-hybridized carbons (Fsp3) is 0.0556. The minimum absolute atomic E-state index is 0.219. The maximum Gasteiger partial charge on any atom is 0.298 e. The van der Waals surface area contributed by atoms with Crippen LogP contribution in [0.3, 0.4) is 0 Å². The van der Waals surface area contributed by atoms with E-state index in [9.17, 15) is 4.79 Å². The maximum atomic E-state index is 12.6. The maximum absolute atomic E-state index is 12.6. The van der Waals surface area contributed by atoms with Crippen LogP contribution in [-0.2, 0) is 0 Å². The third kappa shape index (κ3) is 2.17. The molecule has 25 heavy (non-hydrogen) atoms. The molecule has 0 fully saturated rings. The number of aromatic nitrogens is 3. The van der Waals surface area contributed by atoms with Crippen molar-refractivity contribution in [2.75, 3.05) is 6.79 Å². The van der Waals surface area contributed by atoms with Gasteiger partial charge < -0.3 is 14.5 Å². The summed E-state index contributed by atoms with van der Waals surface area (Å²) in [5.41, 5.74) is 2.51. The minimum atomic E-state index is -0.252. The van der Waals surface area contributed by atoms with Gasteiger partial charge in [0.1, 0.15) is 17.4 Å². The van der Waals surface area contributed by atoms with Gasteiger partial charge in [-0.2, -0.15) is 9.78 Å². The number of hydrogen-bond acceptors (Lipinski definition) is 5. The van der Waals surface area contributed by atoms with E-state index in [4.69, 9.17) is 9.47 Å². The second kappa shape index (κ2) is 5.20. The molecule has 0 unspecified atom stereocenters. The molecule has 2 aromatic carbocycles. The number of ether oxygens (including phenoxy) is 2. The number of H-pyrrole nitrogens is 1. The fourth-order valence-corrected chi connectivity index (χ4v) is 2.90. The Balaban J connectivity index is 1.58. The second-order valence-electron chi connectivity index (χ2n) is 5.65. The topological polar surface area (TPSA) is 81.5 Å². The van der Waals surface area contributed by atoms with E-state index in [1.165, 1.54) is 11.0 Å². The highest BCUT2D eigenvalue weighted by Crippen LogP contribution is 2.32. The van der Waals surface area contributed by atoms with E-state index in [2.05, 4.69) is 15.1 Å². The highest BCUT2D eigenvalue weighted by Gasteiger charge is 2.13. The van der Waals surface area contributed by atoms with Gasteiger partial charge in [0.25, 0.3) is 5.56 Å². The normalized spacial score (nSPS) is 13.3. The monoisotopic (exact) mass is 332 g/mol. The molecule has 0 spiro atoms. The van der Waals surface area contributed by atoms with Crippen molar-refractivity contribution in [2.24, 2.45) is 5.10 Å². The second-order valence-corrected chi connectivity index (χ2v) is 5.65. The molecule has 5 rings (SSSR count). The number of para-hydroxylation sites is 1. The predicted octanol–water partition coefficient (Wildman–Crippen LogP) is 2.49. The Labute approximate surface area is 141 Å². The van der Waals surface area contributed by atoms with E-state index in [0.717, 1.165) is 16.5 Å². The van der Waals surface area contributed by atoms with Crippen LogP contribution in [0.4, 0.5) is 0 Å². The lowest BCUT2D eigenvalue weighted by molar-refractivity contribution is 0.174. The summed E-state index contributed by atoms with van der Waals surface area (Å²) in [6.07, 6.45) is 3.01. The summed E-state index contributed by atoms with van der Waals surface area (Å²) >= 11 is 0. The molecule has 0 bridgehead atoms. The van der Waals surface area contributed by atoms with Gasteiger partial charge in [-0.15, -0.1) is 0 Å². The highest BCUT2D eigenvalue weighted by atomic mass is 16.7. The van der Waals surface area contributed by atoms with Gasteiger partial charge >= 0.3 is 0 Å². The highest BCUT2D eigenvalue weighted by molar-refractivity contribution is 6.04. The first-order valence-electron chi connectivity index (χ1n) is 7.72. The molecule has 0 saturated heterocycles. The van der Waals surface area contributed by atoms with Crippen molar-refractivity contribution in [3.05, 3.63) is 64.7 Å². The van der Waals surface area contributed by atoms with Crippen molar-refractivity contribution in [3.8, 4) is 11.5 Å². The molecule has 1 aliphatic heterocycles. The Hall–Kier alpha value is -3.61. The van der Waals surface area contributed by atoms with Crippen LogP contribution in [0, 0.1) is 0 Å². The van der Waals surface area contributed by atoms with Crippen molar-refractivity contribution in [1.29, 1.82) is 0 Å². The van der Waals surface area contributed by atoms with Crippen LogP contribution in [0.15, 0.2) is 58.7 Å². The van der Waals surface area contributed by atoms with Crippen LogP contribution in [0.1, 0.15) is 5.56 Å². The zero-order valence-corrected chi connectivity index (χ0v) is 13.0. The van der Waals surface area contributed by atoms with E-state index in [1.807, 2.05) is 42.5 Å². The van der Waals surface area contributed by atoms with Crippen molar-refractivity contribution < 1.29 is 9.47 Å². The molecule has 0 amide bonds. The van der Waals surface area contributed by atoms with Crippen LogP contribution in [0.2, 0.25) is 0 Å². The standard InChI is InChI=1S/C18H12N4O3/c23-18-17-16(12-3-1-2-4-13(12)21-17)19-9-22(18)20-8-11-5-6-14-15(7-11)25-10-24-14/h1-9,21H,10H2/b20-8-. The van der Waals surface area contributed by atoms with E-state index in [1.54, 1.807) is 6.21 Å². The Morgan fingerprint density at radius 2 is 2.04 bits per heavy atom. The Kier molecular flexibility index (Phi) is 2.87. The summed E-state index contributed by atoms with van der Waals surface area (Å²) in [6.45, 7) is 0.219. The number of rotatable bonds is 2. The number of hydrogen-bond donors (Lipinski definition) is 1. The molecule has 0 radical (unpaired) electrons. The summed E-state index contributed by atoms with van der Waals surface area (Å²) in [5.74, 6) is 1.37. The molecule has 1 aliphatic rings. The van der Waals surface area contributed by atoms with Crippen molar-refractivity contribution >= 4 is 28.2 Å². The first-order chi connectivity index (χ1) is 12.3. The van der Waals surface area contributed by atoms with Gasteiger partial charge in [-0.05, 0) is 29.8 Å². The largest absolute Gasteiger partial charge is 0.454 e. The molecule has 0 aliphatic carbocycles. The molecule has 122 valence electrons. The van der Waals surface area contributed by atoms with E-state index in [0.29, 0.717) is 22.5 Å². The predicted molar refractivity (Wildman–Crippen MR) is 93.4 cm³/mol. The molecule has 3 heterocycles. The number of nitrogens with one attached hydrogen (secondary N) is 1. The van der Waals surface area contributed by atoms with Gasteiger partial charge in [0.05, 0.1) is 6.21 Å². The summed E-state index contributed by atoms with van der Waals surface area (Å²) < 4.78 is 11.8. The lowest BCUT2D eigenvalue weighted by atomic mass is 10.2. The molecule has 1 N–H and O–H groups in total. The molecule has 0 saturated carbocycles. The van der Waals surface area contributed by atoms with Crippen LogP contribution < -0.4 is 15.0 Å². The third-order valence-corrected chi connectivity index (χ3v) is 4.12. The van der Waals surface area contributed by atoms with Gasteiger partial charge in [0.2, 0.25) is 6.79 Å². The first kappa shape index (κ1) is 13.8. The number of aromatic amines is 1. The Morgan fingerprint density at radius 1 is 1.16 bits per heavy atom. The first-order valence-corrected chi connectivity index (χ1v) is 7.72. The lowest BCUT2D eigenvalue weighted by Gasteiger charge is -1.99. The van der Waals surface area contributed by atoms with Crippen LogP contribution in [0.25, 0.3) is 21.9 Å². The Morgan fingerprint density at radius 3 is 3.00 bits per heavy atom. The SMILES string of the molecule is O=c1c2[nH]c3ccccc3c2ncn1/N=C\c1ccc2c(c1)OCO2. The lowest BCUT2D eigenvalue weighted by Crippen LogP contribution is -2.17. The van der Waals surface area contributed by atoms with Gasteiger partial charge in [-0.3, -0.25) is 4.79 Å². The van der Waals surface area contributed by atoms with Crippen molar-refractivity contribution in [3.63, 3.8) is 0 Å². The fourth-order valence-electron chi connectivity index (χ4n) is 2.90. The molecular formula is C18H12N4O3. The Bertz CT molecular complexity index is 1210. The molecule has 4 aromatic rings. The molecule has 0 atom stereocenters. The van der Waals surface area contributed by atoms with Gasteiger partial charge in [-0.1, -0.05) is 18.2 Å². The van der Waals surface area contributed by atoms with E-state index < -0.39 is 0 Å². The molecule has 2 aromatic heterocycles. The number of nitrogens with zero attached hydrogens (tertiary/aromatic N) is 3. The van der Waals surface area contributed by atoms with E-state index >= 15 is 0 Å². The number of benzene rings is 2. The van der Waals surface area contributed by atoms with E-state index in [-0.39, 0.29) is 12.4 Å². The summed E-state index contributed by atoms with van der Waals surface area (Å²) in [6, 6.07) is 13.1. The average Bonchev–Trinajstić information content (AvgIpc) is 3.25. The van der Waals surface area contributed by atoms with Crippen LogP contribution >= 0.6 is 0 Å². The van der Waals surface area contributed by atoms with Gasteiger partial charge in [-0.25, -0.2) is 4.98 Å².